The van der Waals surface area contributed by atoms with E-state index in [0.717, 1.165) is 12.4 Å². The Morgan fingerprint density at radius 3 is 1.59 bits per heavy atom. The van der Waals surface area contributed by atoms with Crippen molar-refractivity contribution in [1.29, 1.82) is 10.5 Å². The molecule has 0 aromatic heterocycles. The molecule has 34 heavy (non-hydrogen) atoms. The van der Waals surface area contributed by atoms with E-state index in [0.29, 0.717) is 35.3 Å². The zero-order chi connectivity index (χ0) is 25.7. The molecule has 0 saturated carbocycles. The Balaban J connectivity index is 0. The quantitative estimate of drug-likeness (QED) is 0.309. The van der Waals surface area contributed by atoms with Gasteiger partial charge < -0.3 is 0 Å². The van der Waals surface area contributed by atoms with E-state index in [1.807, 2.05) is 12.1 Å². The number of nitriles is 2. The molecule has 0 radical (unpaired) electrons. The monoisotopic (exact) mass is 484 g/mol. The standard InChI is InChI=1S/C11H6F3NO.C8H5NO.C3H3F3O.CH4/c12-11(13,14)10(16)5-4-8-2-1-3-9(6-8)7-15;9-5-7-2-1-3-8(4-7)6-10;1-2(7)3(4,5)6;/h1-6H;1-4,6H;1H3;1H4/b5-4+;;;. The lowest BCUT2D eigenvalue weighted by atomic mass is 10.1. The van der Waals surface area contributed by atoms with Gasteiger partial charge in [0.05, 0.1) is 23.3 Å². The smallest absolute Gasteiger partial charge is 0.298 e. The van der Waals surface area contributed by atoms with Crippen molar-refractivity contribution in [3.63, 3.8) is 0 Å². The van der Waals surface area contributed by atoms with Crippen LogP contribution >= 0.6 is 0 Å². The van der Waals surface area contributed by atoms with Gasteiger partial charge in [0.1, 0.15) is 6.29 Å². The van der Waals surface area contributed by atoms with Crippen molar-refractivity contribution in [3.05, 3.63) is 76.9 Å². The van der Waals surface area contributed by atoms with Crippen LogP contribution in [0.5, 0.6) is 0 Å². The van der Waals surface area contributed by atoms with Crippen LogP contribution in [-0.4, -0.2) is 30.2 Å². The van der Waals surface area contributed by atoms with Crippen molar-refractivity contribution < 1.29 is 40.7 Å². The fraction of sp³-hybridized carbons (Fsp3) is 0.174. The lowest BCUT2D eigenvalue weighted by Gasteiger charge is -1.99. The van der Waals surface area contributed by atoms with Crippen molar-refractivity contribution in [3.8, 4) is 12.1 Å². The summed E-state index contributed by atoms with van der Waals surface area (Å²) in [6, 6.07) is 16.3. The molecule has 0 unspecified atom stereocenters. The van der Waals surface area contributed by atoms with E-state index in [-0.39, 0.29) is 7.43 Å². The Bertz CT molecular complexity index is 1090. The third-order valence-electron chi connectivity index (χ3n) is 3.27. The molecule has 5 nitrogen and oxygen atoms in total. The molecule has 0 atom stereocenters. The maximum Gasteiger partial charge on any atom is 0.454 e. The van der Waals surface area contributed by atoms with E-state index in [4.69, 9.17) is 10.5 Å². The summed E-state index contributed by atoms with van der Waals surface area (Å²) in [5.41, 5.74) is 1.75. The van der Waals surface area contributed by atoms with Gasteiger partial charge in [-0.15, -0.1) is 0 Å². The summed E-state index contributed by atoms with van der Waals surface area (Å²) in [6.07, 6.45) is -7.31. The van der Waals surface area contributed by atoms with E-state index < -0.39 is 23.9 Å². The molecule has 2 rings (SSSR count). The first-order valence-corrected chi connectivity index (χ1v) is 8.57. The maximum atomic E-state index is 11.8. The first-order chi connectivity index (χ1) is 15.2. The minimum Gasteiger partial charge on any atom is -0.298 e. The average Bonchev–Trinajstić information content (AvgIpc) is 2.77. The molecule has 0 spiro atoms. The second-order valence-corrected chi connectivity index (χ2v) is 5.84. The molecule has 0 N–H and O–H groups in total. The van der Waals surface area contributed by atoms with Gasteiger partial charge in [-0.2, -0.15) is 36.9 Å². The number of hydrogen-bond acceptors (Lipinski definition) is 5. The molecule has 2 aromatic rings. The van der Waals surface area contributed by atoms with Gasteiger partial charge in [0.2, 0.25) is 5.78 Å². The lowest BCUT2D eigenvalue weighted by molar-refractivity contribution is -0.168. The summed E-state index contributed by atoms with van der Waals surface area (Å²) in [4.78, 5) is 30.0. The van der Waals surface area contributed by atoms with Crippen molar-refractivity contribution in [2.45, 2.75) is 26.7 Å². The average molecular weight is 484 g/mol. The summed E-state index contributed by atoms with van der Waals surface area (Å²) in [7, 11) is 0. The van der Waals surface area contributed by atoms with Gasteiger partial charge in [0, 0.05) is 12.5 Å². The lowest BCUT2D eigenvalue weighted by Crippen LogP contribution is -2.19. The van der Waals surface area contributed by atoms with E-state index >= 15 is 0 Å². The summed E-state index contributed by atoms with van der Waals surface area (Å²) in [6.45, 7) is 0.486. The van der Waals surface area contributed by atoms with Crippen molar-refractivity contribution in [1.82, 2.24) is 0 Å². The van der Waals surface area contributed by atoms with Crippen LogP contribution in [0, 0.1) is 22.7 Å². The highest BCUT2D eigenvalue weighted by Crippen LogP contribution is 2.17. The van der Waals surface area contributed by atoms with Crippen LogP contribution in [-0.2, 0) is 9.59 Å². The number of benzene rings is 2. The van der Waals surface area contributed by atoms with E-state index in [9.17, 15) is 40.7 Å². The summed E-state index contributed by atoms with van der Waals surface area (Å²) in [5, 5.41) is 16.9. The van der Waals surface area contributed by atoms with Crippen molar-refractivity contribution >= 4 is 23.9 Å². The molecule has 0 aliphatic heterocycles. The number of hydrogen-bond donors (Lipinski definition) is 0. The Labute approximate surface area is 191 Å². The van der Waals surface area contributed by atoms with Crippen LogP contribution in [0.2, 0.25) is 0 Å². The fourth-order valence-electron chi connectivity index (χ4n) is 1.66. The molecule has 0 saturated heterocycles. The highest BCUT2D eigenvalue weighted by atomic mass is 19.4. The van der Waals surface area contributed by atoms with Gasteiger partial charge >= 0.3 is 12.4 Å². The Morgan fingerprint density at radius 2 is 1.24 bits per heavy atom. The summed E-state index contributed by atoms with van der Waals surface area (Å²) >= 11 is 0. The summed E-state index contributed by atoms with van der Waals surface area (Å²) < 4.78 is 68.0. The molecule has 0 fully saturated rings. The van der Waals surface area contributed by atoms with Crippen LogP contribution in [0.1, 0.15) is 41.4 Å². The van der Waals surface area contributed by atoms with E-state index in [1.165, 1.54) is 24.3 Å². The number of halogens is 6. The zero-order valence-corrected chi connectivity index (χ0v) is 16.7. The second-order valence-electron chi connectivity index (χ2n) is 5.84. The van der Waals surface area contributed by atoms with Crippen LogP contribution in [0.3, 0.4) is 0 Å². The van der Waals surface area contributed by atoms with E-state index in [2.05, 4.69) is 0 Å². The molecule has 2 aromatic carbocycles. The van der Waals surface area contributed by atoms with Gasteiger partial charge in [0.25, 0.3) is 5.78 Å². The molecule has 180 valence electrons. The third-order valence-corrected chi connectivity index (χ3v) is 3.27. The molecule has 0 aliphatic carbocycles. The second kappa shape index (κ2) is 14.7. The number of aldehydes is 1. The van der Waals surface area contributed by atoms with Crippen molar-refractivity contribution in [2.75, 3.05) is 0 Å². The normalized spacial score (nSPS) is 10.1. The molecule has 0 bridgehead atoms. The van der Waals surface area contributed by atoms with E-state index in [1.54, 1.807) is 24.3 Å². The fourth-order valence-corrected chi connectivity index (χ4v) is 1.66. The number of Topliss-reactive ketones (excluding diaryl/α,β-unsaturated/α-hetero) is 1. The SMILES string of the molecule is C.CC(=O)C(F)(F)F.N#Cc1cccc(/C=C/C(=O)C(F)(F)F)c1.N#Cc1cccc(C=O)c1. The number of carbonyl (C=O) groups excluding carboxylic acids is 3. The number of carbonyl (C=O) groups is 3. The number of allylic oxidation sites excluding steroid dienone is 1. The predicted octanol–water partition coefficient (Wildman–Crippen LogP) is 5.85. The predicted molar refractivity (Wildman–Crippen MR) is 111 cm³/mol. The van der Waals surface area contributed by atoms with Gasteiger partial charge in [-0.25, -0.2) is 0 Å². The van der Waals surface area contributed by atoms with Crippen LogP contribution in [0.4, 0.5) is 26.3 Å². The number of alkyl halides is 6. The first kappa shape index (κ1) is 31.9. The number of rotatable bonds is 3. The number of ketones is 2. The van der Waals surface area contributed by atoms with Gasteiger partial charge in [0.15, 0.2) is 0 Å². The Hall–Kier alpha value is -4.25. The van der Waals surface area contributed by atoms with Crippen LogP contribution in [0.15, 0.2) is 54.6 Å². The van der Waals surface area contributed by atoms with Gasteiger partial charge in [-0.1, -0.05) is 37.8 Å². The summed E-state index contributed by atoms with van der Waals surface area (Å²) in [5.74, 6) is -3.68. The molecule has 0 aliphatic rings. The molecule has 11 heteroatoms. The van der Waals surface area contributed by atoms with Gasteiger partial charge in [-0.3, -0.25) is 14.4 Å². The maximum absolute atomic E-state index is 11.8. The van der Waals surface area contributed by atoms with Crippen molar-refractivity contribution in [2.24, 2.45) is 0 Å². The molecular weight excluding hydrogens is 466 g/mol. The van der Waals surface area contributed by atoms with Crippen LogP contribution in [0.25, 0.3) is 6.08 Å². The highest BCUT2D eigenvalue weighted by molar-refractivity contribution is 5.97. The largest absolute Gasteiger partial charge is 0.454 e. The zero-order valence-electron chi connectivity index (χ0n) is 16.7. The first-order valence-electron chi connectivity index (χ1n) is 8.57. The third kappa shape index (κ3) is 13.2. The Kier molecular flexibility index (Phi) is 13.8. The van der Waals surface area contributed by atoms with Gasteiger partial charge in [-0.05, 0) is 35.9 Å². The van der Waals surface area contributed by atoms with Crippen LogP contribution < -0.4 is 0 Å². The topological polar surface area (TPSA) is 98.8 Å². The Morgan fingerprint density at radius 1 is 0.824 bits per heavy atom. The minimum absolute atomic E-state index is 0. The molecule has 0 heterocycles. The highest BCUT2D eigenvalue weighted by Gasteiger charge is 2.36. The molecule has 0 amide bonds. The minimum atomic E-state index is -4.86. The number of nitrogens with zero attached hydrogens (tertiary/aromatic N) is 2. The molecular formula is C23H18F6N2O3.